The molecule has 0 spiro atoms. The summed E-state index contributed by atoms with van der Waals surface area (Å²) >= 11 is 6.12. The van der Waals surface area contributed by atoms with Gasteiger partial charge in [-0.25, -0.2) is 0 Å². The molecule has 0 unspecified atom stereocenters. The fourth-order valence-corrected chi connectivity index (χ4v) is 3.06. The van der Waals surface area contributed by atoms with Gasteiger partial charge in [-0.15, -0.1) is 0 Å². The van der Waals surface area contributed by atoms with Crippen molar-refractivity contribution in [3.63, 3.8) is 0 Å². The molecular weight excluding hydrogens is 340 g/mol. The molecule has 0 saturated heterocycles. The maximum atomic E-state index is 12.7. The number of pyridine rings is 1. The first-order valence-electron chi connectivity index (χ1n) is 8.17. The van der Waals surface area contributed by atoms with Crippen LogP contribution < -0.4 is 10.9 Å². The Morgan fingerprint density at radius 2 is 2.04 bits per heavy atom. The number of rotatable bonds is 5. The first-order valence-corrected chi connectivity index (χ1v) is 8.55. The van der Waals surface area contributed by atoms with E-state index in [4.69, 9.17) is 16.0 Å². The molecule has 25 heavy (non-hydrogen) atoms. The molecule has 3 rings (SSSR count). The molecule has 2 aromatic heterocycles. The standard InChI is InChI=1S/C19H19ClN2O3/c1-3-9-22-10-8-15-17(19(22)24)16(12(2)25-15)18(23)21-11-13-6-4-5-7-14(13)20/h4-8,10H,3,9,11H2,1-2H3,(H,21,23). The van der Waals surface area contributed by atoms with Gasteiger partial charge in [-0.3, -0.25) is 9.59 Å². The average Bonchev–Trinajstić information content (AvgIpc) is 2.93. The molecule has 1 amide bonds. The Morgan fingerprint density at radius 1 is 1.28 bits per heavy atom. The first kappa shape index (κ1) is 17.3. The van der Waals surface area contributed by atoms with Gasteiger partial charge in [0.25, 0.3) is 11.5 Å². The molecule has 5 nitrogen and oxygen atoms in total. The molecule has 0 aliphatic rings. The fraction of sp³-hybridized carbons (Fsp3) is 0.263. The van der Waals surface area contributed by atoms with Crippen LogP contribution in [0.1, 0.15) is 35.0 Å². The van der Waals surface area contributed by atoms with Gasteiger partial charge in [0.15, 0.2) is 0 Å². The third kappa shape index (κ3) is 3.33. The van der Waals surface area contributed by atoms with Gasteiger partial charge in [-0.2, -0.15) is 0 Å². The topological polar surface area (TPSA) is 64.2 Å². The van der Waals surface area contributed by atoms with Crippen molar-refractivity contribution in [2.45, 2.75) is 33.4 Å². The van der Waals surface area contributed by atoms with Crippen LogP contribution in [0.4, 0.5) is 0 Å². The summed E-state index contributed by atoms with van der Waals surface area (Å²) in [6.07, 6.45) is 2.53. The summed E-state index contributed by atoms with van der Waals surface area (Å²) in [5.74, 6) is 0.0838. The number of fused-ring (bicyclic) bond motifs is 1. The molecule has 130 valence electrons. The summed E-state index contributed by atoms with van der Waals surface area (Å²) in [4.78, 5) is 25.4. The van der Waals surface area contributed by atoms with Gasteiger partial charge < -0.3 is 14.3 Å². The van der Waals surface area contributed by atoms with E-state index in [9.17, 15) is 9.59 Å². The second-order valence-electron chi connectivity index (χ2n) is 5.86. The van der Waals surface area contributed by atoms with Crippen molar-refractivity contribution in [3.8, 4) is 0 Å². The Labute approximate surface area is 150 Å². The van der Waals surface area contributed by atoms with Crippen LogP contribution in [0.5, 0.6) is 0 Å². The number of nitrogens with zero attached hydrogens (tertiary/aromatic N) is 1. The lowest BCUT2D eigenvalue weighted by atomic mass is 10.1. The molecule has 0 fully saturated rings. The SMILES string of the molecule is CCCn1ccc2oc(C)c(C(=O)NCc3ccccc3Cl)c2c1=O. The third-order valence-electron chi connectivity index (χ3n) is 4.08. The molecule has 0 aliphatic heterocycles. The predicted molar refractivity (Wildman–Crippen MR) is 98.1 cm³/mol. The van der Waals surface area contributed by atoms with Gasteiger partial charge in [0, 0.05) is 24.3 Å². The van der Waals surface area contributed by atoms with Gasteiger partial charge in [-0.05, 0) is 31.0 Å². The first-order chi connectivity index (χ1) is 12.0. The van der Waals surface area contributed by atoms with Gasteiger partial charge in [0.05, 0.1) is 10.9 Å². The molecule has 2 heterocycles. The van der Waals surface area contributed by atoms with E-state index in [1.165, 1.54) is 0 Å². The lowest BCUT2D eigenvalue weighted by molar-refractivity contribution is 0.0951. The summed E-state index contributed by atoms with van der Waals surface area (Å²) < 4.78 is 7.21. The smallest absolute Gasteiger partial charge is 0.262 e. The Bertz CT molecular complexity index is 988. The van der Waals surface area contributed by atoms with E-state index in [1.807, 2.05) is 25.1 Å². The second kappa shape index (κ2) is 7.15. The third-order valence-corrected chi connectivity index (χ3v) is 4.45. The van der Waals surface area contributed by atoms with Gasteiger partial charge in [0.2, 0.25) is 0 Å². The van der Waals surface area contributed by atoms with Crippen LogP contribution in [-0.2, 0) is 13.1 Å². The van der Waals surface area contributed by atoms with E-state index in [1.54, 1.807) is 29.8 Å². The summed E-state index contributed by atoms with van der Waals surface area (Å²) in [5, 5.41) is 3.73. The van der Waals surface area contributed by atoms with Crippen LogP contribution in [-0.4, -0.2) is 10.5 Å². The van der Waals surface area contributed by atoms with Crippen LogP contribution >= 0.6 is 11.6 Å². The van der Waals surface area contributed by atoms with E-state index < -0.39 is 0 Å². The van der Waals surface area contributed by atoms with Crippen LogP contribution in [0.25, 0.3) is 11.0 Å². The number of benzene rings is 1. The number of halogens is 1. The molecule has 6 heteroatoms. The highest BCUT2D eigenvalue weighted by Gasteiger charge is 2.21. The van der Waals surface area contributed by atoms with E-state index >= 15 is 0 Å². The fourth-order valence-electron chi connectivity index (χ4n) is 2.86. The van der Waals surface area contributed by atoms with Crippen molar-refractivity contribution in [2.75, 3.05) is 0 Å². The zero-order chi connectivity index (χ0) is 18.0. The highest BCUT2D eigenvalue weighted by molar-refractivity contribution is 6.31. The highest BCUT2D eigenvalue weighted by Crippen LogP contribution is 2.23. The molecular formula is C19H19ClN2O3. The molecule has 0 saturated carbocycles. The zero-order valence-corrected chi connectivity index (χ0v) is 14.9. The van der Waals surface area contributed by atoms with Gasteiger partial charge in [-0.1, -0.05) is 36.7 Å². The van der Waals surface area contributed by atoms with Gasteiger partial charge >= 0.3 is 0 Å². The normalized spacial score (nSPS) is 11.0. The minimum atomic E-state index is -0.345. The van der Waals surface area contributed by atoms with Crippen LogP contribution in [0.15, 0.2) is 45.7 Å². The lowest BCUT2D eigenvalue weighted by Gasteiger charge is -2.07. The van der Waals surface area contributed by atoms with E-state index in [2.05, 4.69) is 5.32 Å². The van der Waals surface area contributed by atoms with Crippen molar-refractivity contribution in [1.29, 1.82) is 0 Å². The number of hydrogen-bond acceptors (Lipinski definition) is 3. The number of carbonyl (C=O) groups excluding carboxylic acids is 1. The number of aryl methyl sites for hydroxylation is 2. The average molecular weight is 359 g/mol. The van der Waals surface area contributed by atoms with Crippen molar-refractivity contribution in [1.82, 2.24) is 9.88 Å². The predicted octanol–water partition coefficient (Wildman–Crippen LogP) is 3.90. The molecule has 0 radical (unpaired) electrons. The lowest BCUT2D eigenvalue weighted by Crippen LogP contribution is -2.26. The van der Waals surface area contributed by atoms with Crippen LogP contribution in [0.3, 0.4) is 0 Å². The monoisotopic (exact) mass is 358 g/mol. The van der Waals surface area contributed by atoms with Crippen LogP contribution in [0.2, 0.25) is 5.02 Å². The molecule has 1 N–H and O–H groups in total. The molecule has 3 aromatic rings. The Kier molecular flexibility index (Phi) is 4.95. The van der Waals surface area contributed by atoms with Crippen molar-refractivity contribution >= 4 is 28.5 Å². The number of hydrogen-bond donors (Lipinski definition) is 1. The van der Waals surface area contributed by atoms with Crippen LogP contribution in [0, 0.1) is 6.92 Å². The summed E-state index contributed by atoms with van der Waals surface area (Å²) in [6, 6.07) is 9.03. The summed E-state index contributed by atoms with van der Waals surface area (Å²) in [6.45, 7) is 4.56. The molecule has 0 atom stereocenters. The molecule has 0 bridgehead atoms. The van der Waals surface area contributed by atoms with E-state index in [0.29, 0.717) is 28.3 Å². The minimum Gasteiger partial charge on any atom is -0.460 e. The molecule has 0 aliphatic carbocycles. The van der Waals surface area contributed by atoms with E-state index in [-0.39, 0.29) is 23.6 Å². The zero-order valence-electron chi connectivity index (χ0n) is 14.1. The van der Waals surface area contributed by atoms with Crippen molar-refractivity contribution in [3.05, 3.63) is 68.8 Å². The number of furan rings is 1. The summed E-state index contributed by atoms with van der Waals surface area (Å²) in [5.41, 5.74) is 1.32. The minimum absolute atomic E-state index is 0.209. The van der Waals surface area contributed by atoms with Gasteiger partial charge in [0.1, 0.15) is 11.3 Å². The maximum absolute atomic E-state index is 12.7. The number of carbonyl (C=O) groups is 1. The van der Waals surface area contributed by atoms with E-state index in [0.717, 1.165) is 12.0 Å². The quantitative estimate of drug-likeness (QED) is 0.752. The largest absolute Gasteiger partial charge is 0.460 e. The van der Waals surface area contributed by atoms with Crippen molar-refractivity contribution in [2.24, 2.45) is 0 Å². The highest BCUT2D eigenvalue weighted by atomic mass is 35.5. The Hall–Kier alpha value is -2.53. The molecule has 1 aromatic carbocycles. The number of aromatic nitrogens is 1. The summed E-state index contributed by atoms with van der Waals surface area (Å²) in [7, 11) is 0. The number of amides is 1. The second-order valence-corrected chi connectivity index (χ2v) is 6.27. The number of nitrogens with one attached hydrogen (secondary N) is 1. The Morgan fingerprint density at radius 3 is 2.76 bits per heavy atom. The van der Waals surface area contributed by atoms with Crippen molar-refractivity contribution < 1.29 is 9.21 Å². The maximum Gasteiger partial charge on any atom is 0.262 e. The Balaban J connectivity index is 1.95.